The van der Waals surface area contributed by atoms with Crippen molar-refractivity contribution >= 4 is 43.6 Å². The van der Waals surface area contributed by atoms with E-state index in [9.17, 15) is 9.18 Å². The summed E-state index contributed by atoms with van der Waals surface area (Å²) in [6, 6.07) is 9.35. The quantitative estimate of drug-likeness (QED) is 0.649. The van der Waals surface area contributed by atoms with Gasteiger partial charge in [0, 0.05) is 6.20 Å². The number of anilines is 1. The van der Waals surface area contributed by atoms with E-state index in [2.05, 4.69) is 42.3 Å². The van der Waals surface area contributed by atoms with Gasteiger partial charge in [-0.3, -0.25) is 9.48 Å². The standard InChI is InChI=1S/C15H10Br2FN3O2/c16-11-8-21(7-9-1-3-10(18)4-2-9)20-14(11)19-15(22)12-5-6-13(17)23-12/h1-6,8H,7H2,(H,19,20,22). The van der Waals surface area contributed by atoms with Gasteiger partial charge in [-0.15, -0.1) is 0 Å². The van der Waals surface area contributed by atoms with Gasteiger partial charge in [-0.1, -0.05) is 12.1 Å². The molecule has 0 radical (unpaired) electrons. The summed E-state index contributed by atoms with van der Waals surface area (Å²) in [5.41, 5.74) is 0.897. The Morgan fingerprint density at radius 1 is 1.22 bits per heavy atom. The van der Waals surface area contributed by atoms with Crippen LogP contribution in [-0.2, 0) is 6.54 Å². The lowest BCUT2D eigenvalue weighted by Gasteiger charge is -2.02. The summed E-state index contributed by atoms with van der Waals surface area (Å²) in [4.78, 5) is 12.0. The van der Waals surface area contributed by atoms with Gasteiger partial charge in [-0.2, -0.15) is 5.10 Å². The van der Waals surface area contributed by atoms with Crippen molar-refractivity contribution in [1.29, 1.82) is 0 Å². The molecule has 23 heavy (non-hydrogen) atoms. The van der Waals surface area contributed by atoms with Gasteiger partial charge < -0.3 is 9.73 Å². The molecule has 0 bridgehead atoms. The SMILES string of the molecule is O=C(Nc1nn(Cc2ccc(F)cc2)cc1Br)c1ccc(Br)o1. The predicted octanol–water partition coefficient (Wildman–Crippen LogP) is 4.44. The largest absolute Gasteiger partial charge is 0.444 e. The average Bonchev–Trinajstić information content (AvgIpc) is 3.08. The number of carbonyl (C=O) groups is 1. The van der Waals surface area contributed by atoms with Crippen LogP contribution in [-0.4, -0.2) is 15.7 Å². The molecule has 0 aliphatic heterocycles. The molecule has 0 saturated carbocycles. The number of amides is 1. The molecule has 1 aromatic carbocycles. The molecule has 1 amide bonds. The maximum atomic E-state index is 12.9. The Bertz CT molecular complexity index is 843. The first-order valence-electron chi connectivity index (χ1n) is 6.55. The van der Waals surface area contributed by atoms with Gasteiger partial charge in [0.05, 0.1) is 11.0 Å². The first-order valence-corrected chi connectivity index (χ1v) is 8.14. The van der Waals surface area contributed by atoms with Crippen molar-refractivity contribution in [2.75, 3.05) is 5.32 Å². The molecule has 0 fully saturated rings. The molecule has 118 valence electrons. The Balaban J connectivity index is 1.73. The highest BCUT2D eigenvalue weighted by Gasteiger charge is 2.15. The fraction of sp³-hybridized carbons (Fsp3) is 0.0667. The number of nitrogens with one attached hydrogen (secondary N) is 1. The molecule has 8 heteroatoms. The van der Waals surface area contributed by atoms with Gasteiger partial charge in [0.2, 0.25) is 0 Å². The Labute approximate surface area is 147 Å². The van der Waals surface area contributed by atoms with Gasteiger partial charge in [-0.05, 0) is 61.7 Å². The summed E-state index contributed by atoms with van der Waals surface area (Å²) in [6.07, 6.45) is 1.73. The Morgan fingerprint density at radius 2 is 1.96 bits per heavy atom. The van der Waals surface area contributed by atoms with Crippen LogP contribution >= 0.6 is 31.9 Å². The van der Waals surface area contributed by atoms with Crippen LogP contribution in [0, 0.1) is 5.82 Å². The topological polar surface area (TPSA) is 60.1 Å². The molecular formula is C15H10Br2FN3O2. The van der Waals surface area contributed by atoms with E-state index >= 15 is 0 Å². The van der Waals surface area contributed by atoms with Crippen LogP contribution in [0.5, 0.6) is 0 Å². The smallest absolute Gasteiger partial charge is 0.292 e. The van der Waals surface area contributed by atoms with Crippen LogP contribution in [0.25, 0.3) is 0 Å². The molecular weight excluding hydrogens is 433 g/mol. The van der Waals surface area contributed by atoms with E-state index in [-0.39, 0.29) is 11.6 Å². The van der Waals surface area contributed by atoms with Gasteiger partial charge in [-0.25, -0.2) is 4.39 Å². The van der Waals surface area contributed by atoms with Crippen molar-refractivity contribution in [2.45, 2.75) is 6.54 Å². The average molecular weight is 443 g/mol. The molecule has 2 heterocycles. The first-order chi connectivity index (χ1) is 11.0. The number of hydrogen-bond donors (Lipinski definition) is 1. The molecule has 1 N–H and O–H groups in total. The second-order valence-corrected chi connectivity index (χ2v) is 6.34. The number of carbonyl (C=O) groups excluding carboxylic acids is 1. The maximum Gasteiger partial charge on any atom is 0.292 e. The third kappa shape index (κ3) is 3.89. The monoisotopic (exact) mass is 441 g/mol. The molecule has 0 aliphatic rings. The highest BCUT2D eigenvalue weighted by atomic mass is 79.9. The summed E-state index contributed by atoms with van der Waals surface area (Å²) in [5, 5.41) is 6.95. The molecule has 0 aliphatic carbocycles. The van der Waals surface area contributed by atoms with E-state index < -0.39 is 5.91 Å². The van der Waals surface area contributed by atoms with E-state index in [1.54, 1.807) is 35.1 Å². The van der Waals surface area contributed by atoms with Crippen molar-refractivity contribution < 1.29 is 13.6 Å². The van der Waals surface area contributed by atoms with Crippen LogP contribution in [0.2, 0.25) is 0 Å². The highest BCUT2D eigenvalue weighted by Crippen LogP contribution is 2.22. The second-order valence-electron chi connectivity index (χ2n) is 4.71. The number of nitrogens with zero attached hydrogens (tertiary/aromatic N) is 2. The van der Waals surface area contributed by atoms with E-state index in [0.717, 1.165) is 5.56 Å². The summed E-state index contributed by atoms with van der Waals surface area (Å²) in [7, 11) is 0. The number of furan rings is 1. The Morgan fingerprint density at radius 3 is 2.61 bits per heavy atom. The molecule has 2 aromatic heterocycles. The molecule has 5 nitrogen and oxygen atoms in total. The zero-order chi connectivity index (χ0) is 16.4. The molecule has 0 saturated heterocycles. The minimum atomic E-state index is -0.400. The molecule has 0 atom stereocenters. The van der Waals surface area contributed by atoms with E-state index in [1.165, 1.54) is 12.1 Å². The minimum absolute atomic E-state index is 0.178. The highest BCUT2D eigenvalue weighted by molar-refractivity contribution is 9.10. The predicted molar refractivity (Wildman–Crippen MR) is 89.8 cm³/mol. The molecule has 0 unspecified atom stereocenters. The summed E-state index contributed by atoms with van der Waals surface area (Å²) in [6.45, 7) is 0.459. The zero-order valence-corrected chi connectivity index (χ0v) is 14.8. The lowest BCUT2D eigenvalue weighted by molar-refractivity contribution is 0.0995. The maximum absolute atomic E-state index is 12.9. The first kappa shape index (κ1) is 15.9. The van der Waals surface area contributed by atoms with Gasteiger partial charge >= 0.3 is 0 Å². The van der Waals surface area contributed by atoms with Crippen LogP contribution in [0.15, 0.2) is 56.2 Å². The second kappa shape index (κ2) is 6.67. The number of aromatic nitrogens is 2. The van der Waals surface area contributed by atoms with E-state index in [4.69, 9.17) is 4.42 Å². The number of rotatable bonds is 4. The van der Waals surface area contributed by atoms with Crippen molar-refractivity contribution in [1.82, 2.24) is 9.78 Å². The molecule has 3 aromatic rings. The molecule has 3 rings (SSSR count). The van der Waals surface area contributed by atoms with Crippen LogP contribution in [0.4, 0.5) is 10.2 Å². The van der Waals surface area contributed by atoms with Gasteiger partial charge in [0.15, 0.2) is 16.2 Å². The Hall–Kier alpha value is -1.93. The minimum Gasteiger partial charge on any atom is -0.444 e. The number of halogens is 3. The van der Waals surface area contributed by atoms with Crippen molar-refractivity contribution in [3.05, 3.63) is 68.9 Å². The molecule has 0 spiro atoms. The van der Waals surface area contributed by atoms with Crippen LogP contribution in [0.1, 0.15) is 16.1 Å². The van der Waals surface area contributed by atoms with Crippen molar-refractivity contribution in [3.63, 3.8) is 0 Å². The van der Waals surface area contributed by atoms with Gasteiger partial charge in [0.1, 0.15) is 5.82 Å². The van der Waals surface area contributed by atoms with E-state index in [1.807, 2.05) is 0 Å². The van der Waals surface area contributed by atoms with Crippen LogP contribution in [0.3, 0.4) is 0 Å². The fourth-order valence-electron chi connectivity index (χ4n) is 1.95. The van der Waals surface area contributed by atoms with Crippen molar-refractivity contribution in [3.8, 4) is 0 Å². The zero-order valence-electron chi connectivity index (χ0n) is 11.6. The Kier molecular flexibility index (Phi) is 4.63. The number of hydrogen-bond acceptors (Lipinski definition) is 3. The lowest BCUT2D eigenvalue weighted by Crippen LogP contribution is -2.12. The van der Waals surface area contributed by atoms with E-state index in [0.29, 0.717) is 21.5 Å². The van der Waals surface area contributed by atoms with Gasteiger partial charge in [0.25, 0.3) is 5.91 Å². The third-order valence-electron chi connectivity index (χ3n) is 3.00. The summed E-state index contributed by atoms with van der Waals surface area (Å²) in [5.74, 6) is -0.127. The normalized spacial score (nSPS) is 10.7. The summed E-state index contributed by atoms with van der Waals surface area (Å²) >= 11 is 6.49. The fourth-order valence-corrected chi connectivity index (χ4v) is 2.67. The lowest BCUT2D eigenvalue weighted by atomic mass is 10.2. The summed E-state index contributed by atoms with van der Waals surface area (Å²) < 4.78 is 20.9. The van der Waals surface area contributed by atoms with Crippen molar-refractivity contribution in [2.24, 2.45) is 0 Å². The third-order valence-corrected chi connectivity index (χ3v) is 4.01. The number of benzene rings is 1. The van der Waals surface area contributed by atoms with Crippen LogP contribution < -0.4 is 5.32 Å².